The van der Waals surface area contributed by atoms with E-state index in [-0.39, 0.29) is 11.7 Å². The van der Waals surface area contributed by atoms with Crippen molar-refractivity contribution < 1.29 is 14.6 Å². The molecule has 3 nitrogen and oxygen atoms in total. The van der Waals surface area contributed by atoms with Crippen LogP contribution in [0.15, 0.2) is 36.4 Å². The lowest BCUT2D eigenvalue weighted by Crippen LogP contribution is -2.16. The van der Waals surface area contributed by atoms with Crippen LogP contribution in [0.5, 0.6) is 5.75 Å². The molecule has 0 aliphatic heterocycles. The summed E-state index contributed by atoms with van der Waals surface area (Å²) in [7, 11) is 0. The zero-order chi connectivity index (χ0) is 13.8. The van der Waals surface area contributed by atoms with Crippen LogP contribution in [0.3, 0.4) is 0 Å². The second-order valence-corrected chi connectivity index (χ2v) is 4.52. The summed E-state index contributed by atoms with van der Waals surface area (Å²) in [6.45, 7) is 4.08. The van der Waals surface area contributed by atoms with Gasteiger partial charge in [-0.25, -0.2) is 4.79 Å². The van der Waals surface area contributed by atoms with Crippen molar-refractivity contribution in [1.29, 1.82) is 0 Å². The number of rotatable bonds is 5. The molecule has 0 atom stereocenters. The summed E-state index contributed by atoms with van der Waals surface area (Å²) >= 11 is 0. The number of fused-ring (bicyclic) bond motifs is 1. The molecule has 0 aliphatic carbocycles. The van der Waals surface area contributed by atoms with Crippen molar-refractivity contribution in [2.45, 2.75) is 32.8 Å². The van der Waals surface area contributed by atoms with Crippen LogP contribution in [0.2, 0.25) is 0 Å². The fraction of sp³-hybridized carbons (Fsp3) is 0.312. The van der Waals surface area contributed by atoms with E-state index in [1.165, 1.54) is 0 Å². The minimum absolute atomic E-state index is 0.0453. The summed E-state index contributed by atoms with van der Waals surface area (Å²) < 4.78 is 5.94. The molecule has 0 heterocycles. The quantitative estimate of drug-likeness (QED) is 0.878. The van der Waals surface area contributed by atoms with Gasteiger partial charge in [-0.15, -0.1) is 0 Å². The van der Waals surface area contributed by atoms with Crippen molar-refractivity contribution in [3.8, 4) is 5.75 Å². The molecule has 19 heavy (non-hydrogen) atoms. The monoisotopic (exact) mass is 258 g/mol. The van der Waals surface area contributed by atoms with Gasteiger partial charge in [0, 0.05) is 5.39 Å². The second kappa shape index (κ2) is 5.74. The lowest BCUT2D eigenvalue weighted by molar-refractivity contribution is 0.0689. The highest BCUT2D eigenvalue weighted by Crippen LogP contribution is 2.31. The Kier molecular flexibility index (Phi) is 4.05. The predicted octanol–water partition coefficient (Wildman–Crippen LogP) is 4.11. The normalized spacial score (nSPS) is 10.9. The Balaban J connectivity index is 2.58. The first-order valence-electron chi connectivity index (χ1n) is 6.59. The molecule has 0 unspecified atom stereocenters. The summed E-state index contributed by atoms with van der Waals surface area (Å²) in [5, 5.41) is 11.2. The first-order valence-corrected chi connectivity index (χ1v) is 6.59. The smallest absolute Gasteiger partial charge is 0.339 e. The molecule has 2 aromatic rings. The van der Waals surface area contributed by atoms with E-state index >= 15 is 0 Å². The van der Waals surface area contributed by atoms with Crippen molar-refractivity contribution >= 4 is 16.7 Å². The third kappa shape index (κ3) is 2.70. The summed E-state index contributed by atoms with van der Waals surface area (Å²) in [4.78, 5) is 11.3. The Morgan fingerprint density at radius 3 is 2.47 bits per heavy atom. The predicted molar refractivity (Wildman–Crippen MR) is 75.9 cm³/mol. The van der Waals surface area contributed by atoms with Gasteiger partial charge in [-0.1, -0.05) is 44.2 Å². The van der Waals surface area contributed by atoms with Crippen molar-refractivity contribution in [3.05, 3.63) is 42.0 Å². The van der Waals surface area contributed by atoms with E-state index in [9.17, 15) is 9.90 Å². The van der Waals surface area contributed by atoms with E-state index in [0.29, 0.717) is 5.75 Å². The van der Waals surface area contributed by atoms with Gasteiger partial charge < -0.3 is 9.84 Å². The van der Waals surface area contributed by atoms with Gasteiger partial charge in [0.25, 0.3) is 0 Å². The van der Waals surface area contributed by atoms with Crippen LogP contribution >= 0.6 is 0 Å². The molecule has 2 rings (SSSR count). The largest absolute Gasteiger partial charge is 0.489 e. The zero-order valence-electron chi connectivity index (χ0n) is 11.2. The third-order valence-electron chi connectivity index (χ3n) is 3.31. The zero-order valence-corrected chi connectivity index (χ0v) is 11.2. The number of hydrogen-bond acceptors (Lipinski definition) is 2. The minimum Gasteiger partial charge on any atom is -0.489 e. The van der Waals surface area contributed by atoms with E-state index in [2.05, 4.69) is 0 Å². The molecule has 1 N–H and O–H groups in total. The molecule has 2 aromatic carbocycles. The summed E-state index contributed by atoms with van der Waals surface area (Å²) in [6, 6.07) is 11.1. The van der Waals surface area contributed by atoms with Gasteiger partial charge in [0.1, 0.15) is 11.3 Å². The topological polar surface area (TPSA) is 46.5 Å². The standard InChI is InChI=1S/C16H18O3/c1-3-12(4-2)19-15-13-8-6-5-7-11(13)9-10-14(15)16(17)18/h5-10,12H,3-4H2,1-2H3,(H,17,18). The number of hydrogen-bond donors (Lipinski definition) is 1. The number of benzene rings is 2. The highest BCUT2D eigenvalue weighted by atomic mass is 16.5. The molecule has 0 bridgehead atoms. The Morgan fingerprint density at radius 1 is 1.16 bits per heavy atom. The van der Waals surface area contributed by atoms with E-state index < -0.39 is 5.97 Å². The number of ether oxygens (including phenoxy) is 1. The third-order valence-corrected chi connectivity index (χ3v) is 3.31. The van der Waals surface area contributed by atoms with Crippen LogP contribution in [0, 0.1) is 0 Å². The highest BCUT2D eigenvalue weighted by molar-refractivity contribution is 6.00. The molecule has 3 heteroatoms. The molecule has 0 saturated heterocycles. The Bertz CT molecular complexity index is 586. The van der Waals surface area contributed by atoms with Gasteiger partial charge >= 0.3 is 5.97 Å². The first-order chi connectivity index (χ1) is 9.17. The lowest BCUT2D eigenvalue weighted by Gasteiger charge is -2.19. The van der Waals surface area contributed by atoms with Crippen molar-refractivity contribution in [2.75, 3.05) is 0 Å². The summed E-state index contributed by atoms with van der Waals surface area (Å²) in [5.41, 5.74) is 0.227. The lowest BCUT2D eigenvalue weighted by atomic mass is 10.0. The molecule has 0 saturated carbocycles. The second-order valence-electron chi connectivity index (χ2n) is 4.52. The molecule has 0 fully saturated rings. The van der Waals surface area contributed by atoms with Crippen LogP contribution in [-0.2, 0) is 0 Å². The van der Waals surface area contributed by atoms with Crippen LogP contribution in [0.4, 0.5) is 0 Å². The summed E-state index contributed by atoms with van der Waals surface area (Å²) in [5.74, 6) is -0.467. The van der Waals surface area contributed by atoms with E-state index in [4.69, 9.17) is 4.74 Å². The fourth-order valence-corrected chi connectivity index (χ4v) is 2.16. The average Bonchev–Trinajstić information content (AvgIpc) is 2.44. The molecule has 0 aliphatic rings. The van der Waals surface area contributed by atoms with Crippen LogP contribution in [0.25, 0.3) is 10.8 Å². The first kappa shape index (κ1) is 13.4. The fourth-order valence-electron chi connectivity index (χ4n) is 2.16. The number of carboxylic acids is 1. The minimum atomic E-state index is -0.952. The summed E-state index contributed by atoms with van der Waals surface area (Å²) in [6.07, 6.45) is 1.77. The number of carboxylic acid groups (broad SMARTS) is 1. The highest BCUT2D eigenvalue weighted by Gasteiger charge is 2.17. The molecular formula is C16H18O3. The maximum absolute atomic E-state index is 11.3. The molecule has 0 spiro atoms. The molecule has 0 radical (unpaired) electrons. The van der Waals surface area contributed by atoms with E-state index in [1.807, 2.05) is 44.2 Å². The SMILES string of the molecule is CCC(CC)Oc1c(C(=O)O)ccc2ccccc12. The van der Waals surface area contributed by atoms with Crippen LogP contribution in [-0.4, -0.2) is 17.2 Å². The average molecular weight is 258 g/mol. The number of carbonyl (C=O) groups is 1. The van der Waals surface area contributed by atoms with Gasteiger partial charge in [-0.2, -0.15) is 0 Å². The molecular weight excluding hydrogens is 240 g/mol. The van der Waals surface area contributed by atoms with Gasteiger partial charge in [-0.3, -0.25) is 0 Å². The maximum atomic E-state index is 11.3. The Hall–Kier alpha value is -2.03. The molecule has 0 aromatic heterocycles. The Morgan fingerprint density at radius 2 is 1.84 bits per heavy atom. The molecule has 100 valence electrons. The Labute approximate surface area is 112 Å². The van der Waals surface area contributed by atoms with E-state index in [1.54, 1.807) is 6.07 Å². The van der Waals surface area contributed by atoms with Gasteiger partial charge in [-0.05, 0) is 24.3 Å². The van der Waals surface area contributed by atoms with Crippen molar-refractivity contribution in [3.63, 3.8) is 0 Å². The van der Waals surface area contributed by atoms with Gasteiger partial charge in [0.2, 0.25) is 0 Å². The molecule has 0 amide bonds. The number of aromatic carboxylic acids is 1. The van der Waals surface area contributed by atoms with Crippen molar-refractivity contribution in [1.82, 2.24) is 0 Å². The van der Waals surface area contributed by atoms with Crippen LogP contribution < -0.4 is 4.74 Å². The maximum Gasteiger partial charge on any atom is 0.339 e. The van der Waals surface area contributed by atoms with Gasteiger partial charge in [0.15, 0.2) is 0 Å². The van der Waals surface area contributed by atoms with Crippen molar-refractivity contribution in [2.24, 2.45) is 0 Å². The van der Waals surface area contributed by atoms with E-state index in [0.717, 1.165) is 23.6 Å². The van der Waals surface area contributed by atoms with Crippen LogP contribution in [0.1, 0.15) is 37.0 Å². The van der Waals surface area contributed by atoms with Gasteiger partial charge in [0.05, 0.1) is 6.10 Å².